The number of nitrogens with zero attached hydrogens (tertiary/aromatic N) is 1. The third-order valence-electron chi connectivity index (χ3n) is 2.10. The van der Waals surface area contributed by atoms with Gasteiger partial charge in [0.25, 0.3) is 0 Å². The maximum Gasteiger partial charge on any atom is 0.194 e. The molecule has 0 saturated heterocycles. The van der Waals surface area contributed by atoms with E-state index in [9.17, 15) is 4.79 Å². The van der Waals surface area contributed by atoms with Crippen LogP contribution in [0.4, 0.5) is 5.69 Å². The summed E-state index contributed by atoms with van der Waals surface area (Å²) in [6, 6.07) is 10.3. The van der Waals surface area contributed by atoms with Crippen LogP contribution in [0.1, 0.15) is 15.9 Å². The van der Waals surface area contributed by atoms with Crippen LogP contribution in [0.2, 0.25) is 0 Å². The van der Waals surface area contributed by atoms with E-state index < -0.39 is 0 Å². The summed E-state index contributed by atoms with van der Waals surface area (Å²) in [4.78, 5) is 15.8. The maximum atomic E-state index is 11.9. The Labute approximate surface area is 105 Å². The van der Waals surface area contributed by atoms with Crippen LogP contribution in [0.3, 0.4) is 0 Å². The van der Waals surface area contributed by atoms with Gasteiger partial charge in [0.1, 0.15) is 0 Å². The summed E-state index contributed by atoms with van der Waals surface area (Å²) >= 11 is 4.64. The zero-order valence-corrected chi connectivity index (χ0v) is 10.2. The number of benzene rings is 1. The second-order valence-electron chi connectivity index (χ2n) is 3.19. The van der Waals surface area contributed by atoms with Gasteiger partial charge in [-0.25, -0.2) is 0 Å². The molecule has 2 aromatic rings. The fraction of sp³-hybridized carbons (Fsp3) is 0.0769. The number of anilines is 1. The molecule has 1 aromatic carbocycles. The summed E-state index contributed by atoms with van der Waals surface area (Å²) in [6.45, 7) is 0. The Bertz CT molecular complexity index is 469. The lowest BCUT2D eigenvalue weighted by atomic mass is 10.1. The molecule has 0 atom stereocenters. The fourth-order valence-electron chi connectivity index (χ4n) is 1.30. The Hall–Kier alpha value is -1.87. The number of hydrogen-bond donors (Lipinski definition) is 1. The zero-order chi connectivity index (χ0) is 12.7. The molecule has 1 aromatic heterocycles. The number of nitrogens with two attached hydrogens (primary N) is 1. The van der Waals surface area contributed by atoms with Crippen molar-refractivity contribution < 1.29 is 4.79 Å². The van der Waals surface area contributed by atoms with Gasteiger partial charge in [0.2, 0.25) is 0 Å². The number of hydrogen-bond acceptors (Lipinski definition) is 3. The van der Waals surface area contributed by atoms with Crippen molar-refractivity contribution in [2.24, 2.45) is 0 Å². The van der Waals surface area contributed by atoms with Gasteiger partial charge in [0, 0.05) is 35.6 Å². The average molecular weight is 249 g/mol. The number of pyridine rings is 1. The number of halogens is 1. The van der Waals surface area contributed by atoms with Gasteiger partial charge in [-0.1, -0.05) is 0 Å². The molecule has 4 heteroatoms. The molecule has 88 valence electrons. The second kappa shape index (κ2) is 6.66. The molecule has 1 heterocycles. The molecule has 0 aliphatic carbocycles. The largest absolute Gasteiger partial charge is 0.399 e. The van der Waals surface area contributed by atoms with E-state index in [1.807, 2.05) is 0 Å². The van der Waals surface area contributed by atoms with Gasteiger partial charge in [0.15, 0.2) is 5.78 Å². The topological polar surface area (TPSA) is 56.0 Å². The van der Waals surface area contributed by atoms with Gasteiger partial charge in [-0.3, -0.25) is 9.78 Å². The highest BCUT2D eigenvalue weighted by Gasteiger charge is 2.07. The van der Waals surface area contributed by atoms with Crippen molar-refractivity contribution in [3.05, 3.63) is 59.9 Å². The number of aromatic nitrogens is 1. The average Bonchev–Trinajstić information content (AvgIpc) is 2.42. The third-order valence-corrected chi connectivity index (χ3v) is 2.10. The molecule has 2 N–H and O–H groups in total. The summed E-state index contributed by atoms with van der Waals surface area (Å²) in [6.07, 6.45) is 4.67. The van der Waals surface area contributed by atoms with Crippen LogP contribution in [0.5, 0.6) is 0 Å². The molecule has 2 rings (SSSR count). The van der Waals surface area contributed by atoms with E-state index in [2.05, 4.69) is 16.6 Å². The number of rotatable bonds is 2. The smallest absolute Gasteiger partial charge is 0.194 e. The first kappa shape index (κ1) is 13.2. The van der Waals surface area contributed by atoms with E-state index in [1.54, 1.807) is 48.8 Å². The van der Waals surface area contributed by atoms with Crippen LogP contribution >= 0.6 is 11.6 Å². The van der Waals surface area contributed by atoms with Crippen LogP contribution in [0.15, 0.2) is 48.8 Å². The molecule has 3 nitrogen and oxygen atoms in total. The van der Waals surface area contributed by atoms with E-state index >= 15 is 0 Å². The van der Waals surface area contributed by atoms with Crippen LogP contribution in [0.25, 0.3) is 0 Å². The van der Waals surface area contributed by atoms with E-state index in [-0.39, 0.29) is 5.78 Å². The number of alkyl halides is 1. The van der Waals surface area contributed by atoms with E-state index in [4.69, 9.17) is 5.73 Å². The Kier molecular flexibility index (Phi) is 5.17. The first-order chi connectivity index (χ1) is 8.27. The second-order valence-corrected chi connectivity index (χ2v) is 3.19. The molecule has 0 spiro atoms. The first-order valence-electron chi connectivity index (χ1n) is 4.95. The zero-order valence-electron chi connectivity index (χ0n) is 9.43. The van der Waals surface area contributed by atoms with Crippen molar-refractivity contribution in [1.29, 1.82) is 0 Å². The Morgan fingerprint density at radius 3 is 2.29 bits per heavy atom. The summed E-state index contributed by atoms with van der Waals surface area (Å²) in [7, 11) is 0. The van der Waals surface area contributed by atoms with Crippen molar-refractivity contribution in [2.75, 3.05) is 12.1 Å². The molecule has 0 saturated carbocycles. The van der Waals surface area contributed by atoms with Crippen molar-refractivity contribution in [3.63, 3.8) is 0 Å². The fourth-order valence-corrected chi connectivity index (χ4v) is 1.30. The molecule has 0 fully saturated rings. The first-order valence-corrected chi connectivity index (χ1v) is 5.71. The summed E-state index contributed by atoms with van der Waals surface area (Å²) in [5, 5.41) is 0. The van der Waals surface area contributed by atoms with Gasteiger partial charge < -0.3 is 5.73 Å². The third kappa shape index (κ3) is 3.57. The molecular formula is C13H13ClN2O. The van der Waals surface area contributed by atoms with E-state index in [1.165, 1.54) is 6.38 Å². The number of carbonyl (C=O) groups is 1. The SMILES string of the molecule is CCl.Nc1ccc(C(=O)c2cccnc2)cc1. The van der Waals surface area contributed by atoms with Gasteiger partial charge in [-0.05, 0) is 36.4 Å². The summed E-state index contributed by atoms with van der Waals surface area (Å²) in [5.74, 6) is -0.0388. The molecular weight excluding hydrogens is 236 g/mol. The highest BCUT2D eigenvalue weighted by atomic mass is 35.5. The Morgan fingerprint density at radius 2 is 1.76 bits per heavy atom. The minimum absolute atomic E-state index is 0.0388. The molecule has 0 bridgehead atoms. The van der Waals surface area contributed by atoms with Crippen LogP contribution in [-0.4, -0.2) is 17.2 Å². The Balaban J connectivity index is 0.000000686. The van der Waals surface area contributed by atoms with Gasteiger partial charge in [0.05, 0.1) is 0 Å². The lowest BCUT2D eigenvalue weighted by molar-refractivity contribution is 0.103. The molecule has 0 aliphatic heterocycles. The highest BCUT2D eigenvalue weighted by Crippen LogP contribution is 2.10. The molecule has 17 heavy (non-hydrogen) atoms. The minimum Gasteiger partial charge on any atom is -0.399 e. The van der Waals surface area contributed by atoms with Gasteiger partial charge >= 0.3 is 0 Å². The lowest BCUT2D eigenvalue weighted by Gasteiger charge is -2.00. The predicted octanol–water partition coefficient (Wildman–Crippen LogP) is 2.75. The monoisotopic (exact) mass is 248 g/mol. The standard InChI is InChI=1S/C12H10N2O.CH3Cl/c13-11-5-3-9(4-6-11)12(15)10-2-1-7-14-8-10;1-2/h1-8H,13H2;1H3. The van der Waals surface area contributed by atoms with Crippen molar-refractivity contribution in [3.8, 4) is 0 Å². The van der Waals surface area contributed by atoms with Crippen molar-refractivity contribution >= 4 is 23.1 Å². The van der Waals surface area contributed by atoms with Crippen molar-refractivity contribution in [1.82, 2.24) is 4.98 Å². The lowest BCUT2D eigenvalue weighted by Crippen LogP contribution is -2.01. The quantitative estimate of drug-likeness (QED) is 0.505. The number of carbonyl (C=O) groups excluding carboxylic acids is 1. The highest BCUT2D eigenvalue weighted by molar-refractivity contribution is 6.15. The van der Waals surface area contributed by atoms with E-state index in [0.717, 1.165) is 0 Å². The Morgan fingerprint density at radius 1 is 1.12 bits per heavy atom. The maximum absolute atomic E-state index is 11.9. The predicted molar refractivity (Wildman–Crippen MR) is 70.3 cm³/mol. The number of nitrogen functional groups attached to an aromatic ring is 1. The van der Waals surface area contributed by atoms with Gasteiger partial charge in [-0.2, -0.15) is 0 Å². The summed E-state index contributed by atoms with van der Waals surface area (Å²) < 4.78 is 0. The van der Waals surface area contributed by atoms with Crippen molar-refractivity contribution in [2.45, 2.75) is 0 Å². The number of ketones is 1. The molecule has 0 radical (unpaired) electrons. The van der Waals surface area contributed by atoms with Crippen LogP contribution in [0, 0.1) is 0 Å². The van der Waals surface area contributed by atoms with Crippen LogP contribution in [-0.2, 0) is 0 Å². The summed E-state index contributed by atoms with van der Waals surface area (Å²) in [5.41, 5.74) is 7.40. The van der Waals surface area contributed by atoms with Crippen LogP contribution < -0.4 is 5.73 Å². The van der Waals surface area contributed by atoms with Gasteiger partial charge in [-0.15, -0.1) is 11.6 Å². The molecule has 0 aliphatic rings. The minimum atomic E-state index is -0.0388. The molecule has 0 amide bonds. The molecule has 0 unspecified atom stereocenters. The van der Waals surface area contributed by atoms with E-state index in [0.29, 0.717) is 16.8 Å². The normalized spacial score (nSPS) is 9.06.